The molecular formula is C16H38N4O. The van der Waals surface area contributed by atoms with Crippen LogP contribution in [0, 0.1) is 11.8 Å². The first-order chi connectivity index (χ1) is 9.81. The Labute approximate surface area is 132 Å². The van der Waals surface area contributed by atoms with Crippen molar-refractivity contribution in [2.75, 3.05) is 54.4 Å². The van der Waals surface area contributed by atoms with Crippen molar-refractivity contribution in [3.63, 3.8) is 0 Å². The molecule has 0 saturated heterocycles. The topological polar surface area (TPSA) is 67.8 Å². The molecule has 4 atom stereocenters. The predicted octanol–water partition coefficient (Wildman–Crippen LogP) is 0.833. The van der Waals surface area contributed by atoms with E-state index in [9.17, 15) is 0 Å². The van der Waals surface area contributed by atoms with E-state index in [1.807, 2.05) is 0 Å². The molecular weight excluding hydrogens is 264 g/mol. The van der Waals surface area contributed by atoms with Crippen LogP contribution in [0.2, 0.25) is 0 Å². The first kappa shape index (κ1) is 20.8. The summed E-state index contributed by atoms with van der Waals surface area (Å²) in [5.41, 5.74) is 11.7. The largest absolute Gasteiger partial charge is 0.374 e. The van der Waals surface area contributed by atoms with Gasteiger partial charge in [-0.1, -0.05) is 13.8 Å². The molecule has 5 heteroatoms. The molecule has 0 spiro atoms. The molecule has 0 bridgehead atoms. The van der Waals surface area contributed by atoms with Crippen LogP contribution in [0.1, 0.15) is 26.7 Å². The van der Waals surface area contributed by atoms with Gasteiger partial charge < -0.3 is 26.0 Å². The van der Waals surface area contributed by atoms with Crippen molar-refractivity contribution >= 4 is 0 Å². The van der Waals surface area contributed by atoms with Gasteiger partial charge in [0.15, 0.2) is 0 Å². The zero-order valence-electron chi connectivity index (χ0n) is 15.0. The Bertz CT molecular complexity index is 224. The van der Waals surface area contributed by atoms with Crippen LogP contribution in [0.25, 0.3) is 0 Å². The molecule has 0 aliphatic heterocycles. The predicted molar refractivity (Wildman–Crippen MR) is 91.4 cm³/mol. The van der Waals surface area contributed by atoms with Gasteiger partial charge in [0.25, 0.3) is 0 Å². The van der Waals surface area contributed by atoms with Gasteiger partial charge in [-0.2, -0.15) is 0 Å². The highest BCUT2D eigenvalue weighted by molar-refractivity contribution is 4.75. The highest BCUT2D eigenvalue weighted by Crippen LogP contribution is 2.19. The normalized spacial score (nSPS) is 18.0. The second kappa shape index (κ2) is 11.4. The van der Waals surface area contributed by atoms with Crippen molar-refractivity contribution in [2.45, 2.75) is 38.9 Å². The second-order valence-corrected chi connectivity index (χ2v) is 6.82. The smallest absolute Gasteiger partial charge is 0.0628 e. The molecule has 4 unspecified atom stereocenters. The summed E-state index contributed by atoms with van der Waals surface area (Å²) in [7, 11) is 8.37. The fourth-order valence-electron chi connectivity index (χ4n) is 2.27. The molecule has 4 N–H and O–H groups in total. The lowest BCUT2D eigenvalue weighted by atomic mass is 9.98. The number of ether oxygens (including phenoxy) is 1. The molecule has 0 heterocycles. The zero-order chi connectivity index (χ0) is 16.4. The van der Waals surface area contributed by atoms with Gasteiger partial charge in [0.1, 0.15) is 0 Å². The molecule has 128 valence electrons. The first-order valence-electron chi connectivity index (χ1n) is 8.16. The van der Waals surface area contributed by atoms with Gasteiger partial charge in [0.2, 0.25) is 0 Å². The van der Waals surface area contributed by atoms with Crippen LogP contribution in [0.5, 0.6) is 0 Å². The third-order valence-corrected chi connectivity index (χ3v) is 4.08. The average Bonchev–Trinajstić information content (AvgIpc) is 2.44. The van der Waals surface area contributed by atoms with Gasteiger partial charge in [0, 0.05) is 0 Å². The minimum Gasteiger partial charge on any atom is -0.374 e. The lowest BCUT2D eigenvalue weighted by Gasteiger charge is -2.33. The summed E-state index contributed by atoms with van der Waals surface area (Å²) >= 11 is 0. The van der Waals surface area contributed by atoms with E-state index < -0.39 is 0 Å². The maximum absolute atomic E-state index is 6.44. The van der Waals surface area contributed by atoms with E-state index in [4.69, 9.17) is 16.2 Å². The van der Waals surface area contributed by atoms with E-state index in [0.717, 1.165) is 25.9 Å². The van der Waals surface area contributed by atoms with E-state index in [-0.39, 0.29) is 12.2 Å². The summed E-state index contributed by atoms with van der Waals surface area (Å²) in [4.78, 5) is 4.39. The zero-order valence-corrected chi connectivity index (χ0v) is 15.0. The van der Waals surface area contributed by atoms with E-state index in [1.54, 1.807) is 0 Å². The van der Waals surface area contributed by atoms with Crippen LogP contribution < -0.4 is 11.5 Å². The lowest BCUT2D eigenvalue weighted by molar-refractivity contribution is -0.0698. The van der Waals surface area contributed by atoms with Crippen LogP contribution in [-0.2, 0) is 4.74 Å². The molecule has 21 heavy (non-hydrogen) atoms. The molecule has 0 aromatic rings. The van der Waals surface area contributed by atoms with E-state index >= 15 is 0 Å². The van der Waals surface area contributed by atoms with Crippen molar-refractivity contribution in [3.05, 3.63) is 0 Å². The maximum atomic E-state index is 6.44. The Morgan fingerprint density at radius 3 is 1.33 bits per heavy atom. The fourth-order valence-corrected chi connectivity index (χ4v) is 2.27. The number of hydrogen-bond acceptors (Lipinski definition) is 5. The van der Waals surface area contributed by atoms with Gasteiger partial charge in [-0.3, -0.25) is 0 Å². The van der Waals surface area contributed by atoms with Gasteiger partial charge in [-0.05, 0) is 79.0 Å². The van der Waals surface area contributed by atoms with Gasteiger partial charge in [0.05, 0.1) is 12.2 Å². The van der Waals surface area contributed by atoms with Gasteiger partial charge in [-0.25, -0.2) is 0 Å². The number of hydrogen-bond donors (Lipinski definition) is 2. The van der Waals surface area contributed by atoms with Crippen molar-refractivity contribution in [1.82, 2.24) is 9.80 Å². The molecule has 0 fully saturated rings. The van der Waals surface area contributed by atoms with E-state index in [1.165, 1.54) is 0 Å². The summed E-state index contributed by atoms with van der Waals surface area (Å²) in [6.07, 6.45) is 2.44. The Balaban J connectivity index is 4.67. The van der Waals surface area contributed by atoms with Crippen LogP contribution in [0.3, 0.4) is 0 Å². The van der Waals surface area contributed by atoms with E-state index in [0.29, 0.717) is 24.9 Å². The Kier molecular flexibility index (Phi) is 11.3. The summed E-state index contributed by atoms with van der Waals surface area (Å²) in [5.74, 6) is 0.744. The summed E-state index contributed by atoms with van der Waals surface area (Å²) < 4.78 is 6.44. The fraction of sp³-hybridized carbons (Fsp3) is 1.00. The maximum Gasteiger partial charge on any atom is 0.0628 e. The van der Waals surface area contributed by atoms with Crippen molar-refractivity contribution < 1.29 is 4.74 Å². The third-order valence-electron chi connectivity index (χ3n) is 4.08. The Morgan fingerprint density at radius 1 is 0.762 bits per heavy atom. The lowest BCUT2D eigenvalue weighted by Crippen LogP contribution is -2.39. The molecule has 0 amide bonds. The van der Waals surface area contributed by atoms with Crippen molar-refractivity contribution in [1.29, 1.82) is 0 Å². The van der Waals surface area contributed by atoms with Crippen molar-refractivity contribution in [2.24, 2.45) is 23.3 Å². The molecule has 0 aromatic carbocycles. The first-order valence-corrected chi connectivity index (χ1v) is 8.16. The summed E-state index contributed by atoms with van der Waals surface area (Å²) in [6, 6.07) is 0. The molecule has 0 aromatic heterocycles. The summed E-state index contributed by atoms with van der Waals surface area (Å²) in [6.45, 7) is 7.72. The quantitative estimate of drug-likeness (QED) is 0.559. The number of nitrogens with two attached hydrogens (primary N) is 2. The summed E-state index contributed by atoms with van der Waals surface area (Å²) in [5, 5.41) is 0. The minimum absolute atomic E-state index is 0.207. The van der Waals surface area contributed by atoms with Gasteiger partial charge in [-0.15, -0.1) is 0 Å². The van der Waals surface area contributed by atoms with E-state index in [2.05, 4.69) is 51.8 Å². The Hall–Kier alpha value is -0.200. The van der Waals surface area contributed by atoms with Gasteiger partial charge >= 0.3 is 0 Å². The SMILES string of the molecule is CC(CN)C(CCN(C)C)OC(CCN(C)C)C(C)CN. The molecule has 0 saturated carbocycles. The van der Waals surface area contributed by atoms with Crippen molar-refractivity contribution in [3.8, 4) is 0 Å². The second-order valence-electron chi connectivity index (χ2n) is 6.82. The Morgan fingerprint density at radius 2 is 1.10 bits per heavy atom. The van der Waals surface area contributed by atoms with Crippen LogP contribution in [0.15, 0.2) is 0 Å². The van der Waals surface area contributed by atoms with Crippen LogP contribution in [-0.4, -0.2) is 76.4 Å². The monoisotopic (exact) mass is 302 g/mol. The minimum atomic E-state index is 0.207. The highest BCUT2D eigenvalue weighted by atomic mass is 16.5. The standard InChI is InChI=1S/C16H38N4O/c1-13(11-17)15(7-9-19(3)4)21-16(14(2)12-18)8-10-20(5)6/h13-16H,7-12,17-18H2,1-6H3. The molecule has 0 aliphatic carbocycles. The molecule has 0 radical (unpaired) electrons. The molecule has 0 aliphatic rings. The van der Waals surface area contributed by atoms with Crippen LogP contribution >= 0.6 is 0 Å². The average molecular weight is 303 g/mol. The molecule has 0 rings (SSSR count). The third kappa shape index (κ3) is 9.42. The van der Waals surface area contributed by atoms with Crippen LogP contribution in [0.4, 0.5) is 0 Å². The highest BCUT2D eigenvalue weighted by Gasteiger charge is 2.25. The number of nitrogens with zero attached hydrogens (tertiary/aromatic N) is 2. The molecule has 5 nitrogen and oxygen atoms in total. The number of rotatable bonds is 12.